The number of aromatic hydroxyl groups is 2. The molecule has 0 fully saturated rings. The van der Waals surface area contributed by atoms with Crippen molar-refractivity contribution in [1.29, 1.82) is 0 Å². The van der Waals surface area contributed by atoms with Crippen molar-refractivity contribution >= 4 is 5.91 Å². The second-order valence-electron chi connectivity index (χ2n) is 4.29. The van der Waals surface area contributed by atoms with Crippen LogP contribution in [-0.4, -0.2) is 27.8 Å². The largest absolute Gasteiger partial charge is 0.504 e. The van der Waals surface area contributed by atoms with Crippen LogP contribution >= 0.6 is 0 Å². The maximum absolute atomic E-state index is 12.1. The van der Waals surface area contributed by atoms with E-state index in [2.05, 4.69) is 5.32 Å². The van der Waals surface area contributed by atoms with Crippen LogP contribution in [0.3, 0.4) is 0 Å². The first-order chi connectivity index (χ1) is 9.63. The fourth-order valence-corrected chi connectivity index (χ4v) is 1.87. The number of aliphatic hydroxyl groups excluding tert-OH is 1. The number of hydrogen-bond donors (Lipinski definition) is 4. The lowest BCUT2D eigenvalue weighted by molar-refractivity contribution is 0.0913. The molecule has 4 N–H and O–H groups in total. The quantitative estimate of drug-likeness (QED) is 0.636. The van der Waals surface area contributed by atoms with Gasteiger partial charge >= 0.3 is 0 Å². The molecule has 0 aromatic heterocycles. The van der Waals surface area contributed by atoms with Crippen LogP contribution in [0.5, 0.6) is 11.5 Å². The number of nitrogens with one attached hydrogen (secondary N) is 1. The molecule has 0 aliphatic rings. The minimum absolute atomic E-state index is 0.0422. The highest BCUT2D eigenvalue weighted by molar-refractivity contribution is 5.97. The Morgan fingerprint density at radius 2 is 1.75 bits per heavy atom. The lowest BCUT2D eigenvalue weighted by Gasteiger charge is -2.17. The fourth-order valence-electron chi connectivity index (χ4n) is 1.87. The van der Waals surface area contributed by atoms with Gasteiger partial charge in [-0.15, -0.1) is 0 Å². The van der Waals surface area contributed by atoms with Crippen molar-refractivity contribution in [3.8, 4) is 11.5 Å². The lowest BCUT2D eigenvalue weighted by Crippen LogP contribution is -2.30. The van der Waals surface area contributed by atoms with Crippen LogP contribution < -0.4 is 5.32 Å². The SMILES string of the molecule is O=C(N[C@@H](CO)c1ccccc1)c1cccc(O)c1O. The van der Waals surface area contributed by atoms with Gasteiger partial charge < -0.3 is 20.6 Å². The molecule has 20 heavy (non-hydrogen) atoms. The third-order valence-electron chi connectivity index (χ3n) is 2.95. The van der Waals surface area contributed by atoms with Crippen LogP contribution in [0, 0.1) is 0 Å². The number of aliphatic hydroxyl groups is 1. The maximum atomic E-state index is 12.1. The predicted octanol–water partition coefficient (Wildman–Crippen LogP) is 1.56. The normalized spacial score (nSPS) is 11.8. The second kappa shape index (κ2) is 6.08. The van der Waals surface area contributed by atoms with E-state index >= 15 is 0 Å². The van der Waals surface area contributed by atoms with Gasteiger partial charge in [-0.05, 0) is 17.7 Å². The molecular weight excluding hydrogens is 258 g/mol. The van der Waals surface area contributed by atoms with Gasteiger partial charge in [-0.3, -0.25) is 4.79 Å². The van der Waals surface area contributed by atoms with E-state index in [1.165, 1.54) is 18.2 Å². The highest BCUT2D eigenvalue weighted by atomic mass is 16.3. The monoisotopic (exact) mass is 273 g/mol. The molecule has 0 spiro atoms. The van der Waals surface area contributed by atoms with E-state index < -0.39 is 17.7 Å². The van der Waals surface area contributed by atoms with Crippen LogP contribution in [0.15, 0.2) is 48.5 Å². The molecule has 1 amide bonds. The van der Waals surface area contributed by atoms with E-state index in [1.54, 1.807) is 24.3 Å². The summed E-state index contributed by atoms with van der Waals surface area (Å²) >= 11 is 0. The number of para-hydroxylation sites is 1. The molecule has 0 heterocycles. The van der Waals surface area contributed by atoms with E-state index in [9.17, 15) is 20.1 Å². The standard InChI is InChI=1S/C15H15NO4/c17-9-12(10-5-2-1-3-6-10)16-15(20)11-7-4-8-13(18)14(11)19/h1-8,12,17-19H,9H2,(H,16,20)/t12-/m0/s1. The zero-order chi connectivity index (χ0) is 14.5. The smallest absolute Gasteiger partial charge is 0.255 e. The van der Waals surface area contributed by atoms with E-state index in [0.29, 0.717) is 0 Å². The molecule has 0 aliphatic carbocycles. The summed E-state index contributed by atoms with van der Waals surface area (Å²) in [6, 6.07) is 12.6. The molecule has 0 radical (unpaired) electrons. The molecule has 2 aromatic carbocycles. The highest BCUT2D eigenvalue weighted by Crippen LogP contribution is 2.28. The van der Waals surface area contributed by atoms with Gasteiger partial charge in [0.15, 0.2) is 11.5 Å². The predicted molar refractivity (Wildman–Crippen MR) is 73.5 cm³/mol. The Balaban J connectivity index is 2.20. The van der Waals surface area contributed by atoms with Gasteiger partial charge in [0.2, 0.25) is 0 Å². The molecule has 2 rings (SSSR count). The Morgan fingerprint density at radius 1 is 1.05 bits per heavy atom. The van der Waals surface area contributed by atoms with Gasteiger partial charge in [-0.25, -0.2) is 0 Å². The minimum atomic E-state index is -0.578. The molecule has 104 valence electrons. The lowest BCUT2D eigenvalue weighted by atomic mass is 10.1. The van der Waals surface area contributed by atoms with Gasteiger partial charge in [0.1, 0.15) is 0 Å². The van der Waals surface area contributed by atoms with Gasteiger partial charge in [0.25, 0.3) is 5.91 Å². The number of carbonyl (C=O) groups excluding carboxylic acids is 1. The Labute approximate surface area is 116 Å². The van der Waals surface area contributed by atoms with E-state index in [0.717, 1.165) is 5.56 Å². The Morgan fingerprint density at radius 3 is 2.40 bits per heavy atom. The average molecular weight is 273 g/mol. The second-order valence-corrected chi connectivity index (χ2v) is 4.29. The summed E-state index contributed by atoms with van der Waals surface area (Å²) in [6.45, 7) is -0.269. The van der Waals surface area contributed by atoms with Crippen LogP contribution in [-0.2, 0) is 0 Å². The minimum Gasteiger partial charge on any atom is -0.504 e. The molecular formula is C15H15NO4. The number of benzene rings is 2. The summed E-state index contributed by atoms with van der Waals surface area (Å²) in [5.74, 6) is -1.41. The molecule has 0 unspecified atom stereocenters. The van der Waals surface area contributed by atoms with Crippen molar-refractivity contribution < 1.29 is 20.1 Å². The first-order valence-corrected chi connectivity index (χ1v) is 6.11. The molecule has 0 bridgehead atoms. The summed E-state index contributed by atoms with van der Waals surface area (Å²) in [5.41, 5.74) is 0.711. The molecule has 0 saturated heterocycles. The highest BCUT2D eigenvalue weighted by Gasteiger charge is 2.18. The van der Waals surface area contributed by atoms with Crippen molar-refractivity contribution in [2.24, 2.45) is 0 Å². The number of rotatable bonds is 4. The van der Waals surface area contributed by atoms with E-state index in [4.69, 9.17) is 0 Å². The van der Waals surface area contributed by atoms with Crippen LogP contribution in [0.4, 0.5) is 0 Å². The summed E-state index contributed by atoms with van der Waals surface area (Å²) in [5, 5.41) is 31.0. The number of carbonyl (C=O) groups is 1. The molecule has 1 atom stereocenters. The van der Waals surface area contributed by atoms with E-state index in [-0.39, 0.29) is 17.9 Å². The molecule has 5 heteroatoms. The van der Waals surface area contributed by atoms with Crippen molar-refractivity contribution in [2.45, 2.75) is 6.04 Å². The van der Waals surface area contributed by atoms with Crippen LogP contribution in [0.25, 0.3) is 0 Å². The van der Waals surface area contributed by atoms with Crippen LogP contribution in [0.2, 0.25) is 0 Å². The third-order valence-corrected chi connectivity index (χ3v) is 2.95. The van der Waals surface area contributed by atoms with Crippen molar-refractivity contribution in [2.75, 3.05) is 6.61 Å². The first kappa shape index (κ1) is 13.9. The van der Waals surface area contributed by atoms with Crippen molar-refractivity contribution in [3.63, 3.8) is 0 Å². The number of phenols is 2. The van der Waals surface area contributed by atoms with Crippen molar-refractivity contribution in [3.05, 3.63) is 59.7 Å². The average Bonchev–Trinajstić information content (AvgIpc) is 2.48. The molecule has 2 aromatic rings. The van der Waals surface area contributed by atoms with Crippen LogP contribution in [0.1, 0.15) is 22.0 Å². The van der Waals surface area contributed by atoms with Gasteiger partial charge in [-0.1, -0.05) is 36.4 Å². The Bertz CT molecular complexity index is 598. The third kappa shape index (κ3) is 2.89. The number of phenolic OH excluding ortho intramolecular Hbond substituents is 2. The Kier molecular flexibility index (Phi) is 4.22. The summed E-state index contributed by atoms with van der Waals surface area (Å²) < 4.78 is 0. The van der Waals surface area contributed by atoms with Gasteiger partial charge in [0, 0.05) is 0 Å². The maximum Gasteiger partial charge on any atom is 0.255 e. The first-order valence-electron chi connectivity index (χ1n) is 6.11. The molecule has 5 nitrogen and oxygen atoms in total. The van der Waals surface area contributed by atoms with E-state index in [1.807, 2.05) is 6.07 Å². The van der Waals surface area contributed by atoms with Gasteiger partial charge in [-0.2, -0.15) is 0 Å². The zero-order valence-corrected chi connectivity index (χ0v) is 10.7. The zero-order valence-electron chi connectivity index (χ0n) is 10.7. The molecule has 0 aliphatic heterocycles. The van der Waals surface area contributed by atoms with Crippen molar-refractivity contribution in [1.82, 2.24) is 5.32 Å². The Hall–Kier alpha value is -2.53. The fraction of sp³-hybridized carbons (Fsp3) is 0.133. The van der Waals surface area contributed by atoms with Gasteiger partial charge in [0.05, 0.1) is 18.2 Å². The molecule has 0 saturated carbocycles. The summed E-state index contributed by atoms with van der Waals surface area (Å²) in [7, 11) is 0. The number of hydrogen-bond acceptors (Lipinski definition) is 4. The summed E-state index contributed by atoms with van der Waals surface area (Å²) in [6.07, 6.45) is 0. The topological polar surface area (TPSA) is 89.8 Å². The summed E-state index contributed by atoms with van der Waals surface area (Å²) in [4.78, 5) is 12.1. The number of amides is 1.